The maximum atomic E-state index is 12.8. The molecule has 0 bridgehead atoms. The van der Waals surface area contributed by atoms with Gasteiger partial charge in [0.1, 0.15) is 11.4 Å². The summed E-state index contributed by atoms with van der Waals surface area (Å²) in [6.45, 7) is 5.81. The van der Waals surface area contributed by atoms with E-state index in [1.54, 1.807) is 34.1 Å². The molecule has 1 saturated heterocycles. The molecule has 8 heteroatoms. The van der Waals surface area contributed by atoms with Crippen molar-refractivity contribution >= 4 is 23.4 Å². The fraction of sp³-hybridized carbons (Fsp3) is 0.333. The predicted octanol–water partition coefficient (Wildman–Crippen LogP) is 2.04. The molecule has 1 aromatic heterocycles. The second-order valence-electron chi connectivity index (χ2n) is 6.61. The lowest BCUT2D eigenvalue weighted by Crippen LogP contribution is -2.50. The molecule has 0 saturated carbocycles. The van der Waals surface area contributed by atoms with E-state index in [4.69, 9.17) is 4.74 Å². The van der Waals surface area contributed by atoms with Crippen LogP contribution in [0.25, 0.3) is 0 Å². The van der Waals surface area contributed by atoms with Crippen LogP contribution in [0.3, 0.4) is 0 Å². The molecule has 3 amide bonds. The van der Waals surface area contributed by atoms with Gasteiger partial charge in [-0.25, -0.2) is 0 Å². The molecule has 2 aromatic rings. The number of hydrogen-bond acceptors (Lipinski definition) is 5. The van der Waals surface area contributed by atoms with E-state index in [1.807, 2.05) is 13.0 Å². The van der Waals surface area contributed by atoms with Crippen LogP contribution in [-0.2, 0) is 4.79 Å². The van der Waals surface area contributed by atoms with Gasteiger partial charge in [-0.15, -0.1) is 0 Å². The minimum atomic E-state index is -0.423. The van der Waals surface area contributed by atoms with Gasteiger partial charge in [-0.3, -0.25) is 19.4 Å². The number of para-hydroxylation sites is 2. The molecule has 3 rings (SSSR count). The maximum Gasteiger partial charge on any atom is 0.274 e. The molecule has 1 aliphatic heterocycles. The van der Waals surface area contributed by atoms with Gasteiger partial charge >= 0.3 is 0 Å². The zero-order chi connectivity index (χ0) is 20.8. The molecule has 29 heavy (non-hydrogen) atoms. The van der Waals surface area contributed by atoms with Crippen molar-refractivity contribution in [3.63, 3.8) is 0 Å². The summed E-state index contributed by atoms with van der Waals surface area (Å²) >= 11 is 0. The summed E-state index contributed by atoms with van der Waals surface area (Å²) in [6.07, 6.45) is 1.45. The molecule has 0 atom stereocenters. The Labute approximate surface area is 169 Å². The summed E-state index contributed by atoms with van der Waals surface area (Å²) in [5, 5.41) is 2.78. The smallest absolute Gasteiger partial charge is 0.274 e. The second-order valence-corrected chi connectivity index (χ2v) is 6.61. The fourth-order valence-corrected chi connectivity index (χ4v) is 3.13. The summed E-state index contributed by atoms with van der Waals surface area (Å²) in [6, 6.07) is 10.2. The van der Waals surface area contributed by atoms with Crippen molar-refractivity contribution in [2.24, 2.45) is 0 Å². The summed E-state index contributed by atoms with van der Waals surface area (Å²) in [7, 11) is 0. The molecule has 1 fully saturated rings. The van der Waals surface area contributed by atoms with Crippen LogP contribution >= 0.6 is 0 Å². The summed E-state index contributed by atoms with van der Waals surface area (Å²) < 4.78 is 5.52. The van der Waals surface area contributed by atoms with Gasteiger partial charge < -0.3 is 19.9 Å². The zero-order valence-corrected chi connectivity index (χ0v) is 16.6. The lowest BCUT2D eigenvalue weighted by Gasteiger charge is -2.34. The van der Waals surface area contributed by atoms with E-state index in [-0.39, 0.29) is 17.5 Å². The van der Waals surface area contributed by atoms with Crippen LogP contribution in [0.5, 0.6) is 5.75 Å². The third-order valence-corrected chi connectivity index (χ3v) is 4.69. The van der Waals surface area contributed by atoms with Crippen molar-refractivity contribution in [3.8, 4) is 5.75 Å². The number of amides is 3. The molecule has 1 N–H and O–H groups in total. The third-order valence-electron chi connectivity index (χ3n) is 4.69. The Kier molecular flexibility index (Phi) is 6.43. The number of hydrogen-bond donors (Lipinski definition) is 1. The molecule has 1 aliphatic rings. The van der Waals surface area contributed by atoms with Gasteiger partial charge in [0.25, 0.3) is 11.8 Å². The second kappa shape index (κ2) is 9.18. The SMILES string of the molecule is CCOc1ccccc1NC(=O)c1cc(C(=O)N2CCN(C(C)=O)CC2)ccn1. The van der Waals surface area contributed by atoms with Crippen molar-refractivity contribution < 1.29 is 19.1 Å². The number of carbonyl (C=O) groups is 3. The van der Waals surface area contributed by atoms with Gasteiger partial charge in [0.2, 0.25) is 5.91 Å². The number of piperazine rings is 1. The van der Waals surface area contributed by atoms with Crippen LogP contribution in [0.4, 0.5) is 5.69 Å². The van der Waals surface area contributed by atoms with E-state index < -0.39 is 5.91 Å². The highest BCUT2D eigenvalue weighted by atomic mass is 16.5. The van der Waals surface area contributed by atoms with Crippen LogP contribution in [-0.4, -0.2) is 65.3 Å². The Morgan fingerprint density at radius 3 is 2.45 bits per heavy atom. The number of aromatic nitrogens is 1. The van der Waals surface area contributed by atoms with Gasteiger partial charge in [-0.05, 0) is 31.2 Å². The first-order valence-electron chi connectivity index (χ1n) is 9.53. The number of nitrogens with one attached hydrogen (secondary N) is 1. The van der Waals surface area contributed by atoms with Gasteiger partial charge in [0.15, 0.2) is 0 Å². The molecule has 0 radical (unpaired) electrons. The Hall–Kier alpha value is -3.42. The van der Waals surface area contributed by atoms with Crippen molar-refractivity contribution in [1.29, 1.82) is 0 Å². The highest BCUT2D eigenvalue weighted by Gasteiger charge is 2.24. The van der Waals surface area contributed by atoms with E-state index in [0.717, 1.165) is 0 Å². The van der Waals surface area contributed by atoms with E-state index in [0.29, 0.717) is 49.8 Å². The van der Waals surface area contributed by atoms with Crippen molar-refractivity contribution in [1.82, 2.24) is 14.8 Å². The highest BCUT2D eigenvalue weighted by Crippen LogP contribution is 2.24. The number of rotatable bonds is 5. The molecule has 2 heterocycles. The summed E-state index contributed by atoms with van der Waals surface area (Å²) in [5.74, 6) is -0.0289. The van der Waals surface area contributed by atoms with Crippen molar-refractivity contribution in [2.75, 3.05) is 38.1 Å². The normalized spacial score (nSPS) is 13.7. The van der Waals surface area contributed by atoms with Crippen LogP contribution in [0.1, 0.15) is 34.7 Å². The average molecular weight is 396 g/mol. The molecular weight excluding hydrogens is 372 g/mol. The minimum Gasteiger partial charge on any atom is -0.492 e. The Morgan fingerprint density at radius 2 is 1.76 bits per heavy atom. The van der Waals surface area contributed by atoms with E-state index in [2.05, 4.69) is 10.3 Å². The standard InChI is InChI=1S/C21H24N4O4/c1-3-29-19-7-5-4-6-17(19)23-20(27)18-14-16(8-9-22-18)21(28)25-12-10-24(11-13-25)15(2)26/h4-9,14H,3,10-13H2,1-2H3,(H,23,27). The van der Waals surface area contributed by atoms with Crippen molar-refractivity contribution in [3.05, 3.63) is 53.9 Å². The molecule has 0 aliphatic carbocycles. The molecule has 0 spiro atoms. The Balaban J connectivity index is 1.70. The lowest BCUT2D eigenvalue weighted by atomic mass is 10.1. The third kappa shape index (κ3) is 4.90. The zero-order valence-electron chi connectivity index (χ0n) is 16.6. The predicted molar refractivity (Wildman–Crippen MR) is 108 cm³/mol. The van der Waals surface area contributed by atoms with Gasteiger partial charge in [0.05, 0.1) is 12.3 Å². The molecule has 1 aromatic carbocycles. The number of ether oxygens (including phenoxy) is 1. The monoisotopic (exact) mass is 396 g/mol. The molecule has 152 valence electrons. The lowest BCUT2D eigenvalue weighted by molar-refractivity contribution is -0.130. The van der Waals surface area contributed by atoms with Gasteiger partial charge in [-0.2, -0.15) is 0 Å². The summed E-state index contributed by atoms with van der Waals surface area (Å²) in [5.41, 5.74) is 1.07. The number of nitrogens with zero attached hydrogens (tertiary/aromatic N) is 3. The summed E-state index contributed by atoms with van der Waals surface area (Å²) in [4.78, 5) is 44.4. The van der Waals surface area contributed by atoms with Crippen LogP contribution in [0.2, 0.25) is 0 Å². The minimum absolute atomic E-state index is 0.00676. The maximum absolute atomic E-state index is 12.8. The number of anilines is 1. The first kappa shape index (κ1) is 20.3. The van der Waals surface area contributed by atoms with E-state index in [9.17, 15) is 14.4 Å². The fourth-order valence-electron chi connectivity index (χ4n) is 3.13. The number of carbonyl (C=O) groups excluding carboxylic acids is 3. The van der Waals surface area contributed by atoms with E-state index >= 15 is 0 Å². The van der Waals surface area contributed by atoms with Crippen molar-refractivity contribution in [2.45, 2.75) is 13.8 Å². The van der Waals surface area contributed by atoms with Gasteiger partial charge in [0, 0.05) is 44.9 Å². The number of benzene rings is 1. The van der Waals surface area contributed by atoms with Crippen LogP contribution in [0.15, 0.2) is 42.6 Å². The van der Waals surface area contributed by atoms with Crippen LogP contribution < -0.4 is 10.1 Å². The Bertz CT molecular complexity index is 907. The topological polar surface area (TPSA) is 91.8 Å². The van der Waals surface area contributed by atoms with E-state index in [1.165, 1.54) is 19.2 Å². The first-order valence-corrected chi connectivity index (χ1v) is 9.53. The largest absolute Gasteiger partial charge is 0.492 e. The number of pyridine rings is 1. The van der Waals surface area contributed by atoms with Crippen LogP contribution in [0, 0.1) is 0 Å². The first-order chi connectivity index (χ1) is 14.0. The average Bonchev–Trinajstić information content (AvgIpc) is 2.75. The molecular formula is C21H24N4O4. The molecule has 0 unspecified atom stereocenters. The quantitative estimate of drug-likeness (QED) is 0.835. The van der Waals surface area contributed by atoms with Gasteiger partial charge in [-0.1, -0.05) is 12.1 Å². The highest BCUT2D eigenvalue weighted by molar-refractivity contribution is 6.05. The molecule has 8 nitrogen and oxygen atoms in total. The Morgan fingerprint density at radius 1 is 1.07 bits per heavy atom.